The molecule has 0 aliphatic carbocycles. The molecule has 102 valence electrons. The van der Waals surface area contributed by atoms with Crippen molar-refractivity contribution in [2.45, 2.75) is 6.04 Å². The molecular formula is C14H24N2OS. The van der Waals surface area contributed by atoms with Gasteiger partial charge in [-0.15, -0.1) is 0 Å². The SMILES string of the molecule is CNC(CSCCN(C)C)c1cccc(OC)c1. The third kappa shape index (κ3) is 5.29. The van der Waals surface area contributed by atoms with Crippen molar-refractivity contribution in [2.24, 2.45) is 0 Å². The summed E-state index contributed by atoms with van der Waals surface area (Å²) in [5.41, 5.74) is 1.29. The molecule has 0 spiro atoms. The molecule has 0 heterocycles. The highest BCUT2D eigenvalue weighted by molar-refractivity contribution is 7.99. The van der Waals surface area contributed by atoms with Gasteiger partial charge in [-0.25, -0.2) is 0 Å². The predicted octanol–water partition coefficient (Wildman–Crippen LogP) is 2.25. The maximum atomic E-state index is 5.27. The first-order valence-corrected chi connectivity index (χ1v) is 7.36. The van der Waals surface area contributed by atoms with Crippen molar-refractivity contribution in [1.82, 2.24) is 10.2 Å². The second kappa shape index (κ2) is 8.40. The fraction of sp³-hybridized carbons (Fsp3) is 0.571. The molecular weight excluding hydrogens is 244 g/mol. The van der Waals surface area contributed by atoms with Gasteiger partial charge < -0.3 is 15.0 Å². The van der Waals surface area contributed by atoms with Gasteiger partial charge in [0.1, 0.15) is 5.75 Å². The van der Waals surface area contributed by atoms with Crippen LogP contribution in [0.2, 0.25) is 0 Å². The van der Waals surface area contributed by atoms with Crippen molar-refractivity contribution in [3.63, 3.8) is 0 Å². The van der Waals surface area contributed by atoms with E-state index in [-0.39, 0.29) is 0 Å². The van der Waals surface area contributed by atoms with Crippen molar-refractivity contribution >= 4 is 11.8 Å². The van der Waals surface area contributed by atoms with Crippen LogP contribution >= 0.6 is 11.8 Å². The van der Waals surface area contributed by atoms with Crippen LogP contribution in [0.4, 0.5) is 0 Å². The second-order valence-electron chi connectivity index (χ2n) is 4.50. The van der Waals surface area contributed by atoms with E-state index in [1.165, 1.54) is 5.56 Å². The molecule has 1 rings (SSSR count). The zero-order valence-corrected chi connectivity index (χ0v) is 12.6. The molecule has 1 unspecified atom stereocenters. The third-order valence-corrected chi connectivity index (χ3v) is 3.85. The van der Waals surface area contributed by atoms with Gasteiger partial charge in [-0.1, -0.05) is 12.1 Å². The lowest BCUT2D eigenvalue weighted by atomic mass is 10.1. The molecule has 1 aromatic carbocycles. The highest BCUT2D eigenvalue weighted by atomic mass is 32.2. The number of ether oxygens (including phenoxy) is 1. The number of thioether (sulfide) groups is 1. The first-order chi connectivity index (χ1) is 8.67. The number of benzene rings is 1. The smallest absolute Gasteiger partial charge is 0.119 e. The summed E-state index contributed by atoms with van der Waals surface area (Å²) in [4.78, 5) is 2.22. The zero-order chi connectivity index (χ0) is 13.4. The van der Waals surface area contributed by atoms with E-state index in [1.54, 1.807) is 7.11 Å². The fourth-order valence-electron chi connectivity index (χ4n) is 1.65. The highest BCUT2D eigenvalue weighted by Gasteiger charge is 2.09. The lowest BCUT2D eigenvalue weighted by Crippen LogP contribution is -2.20. The Balaban J connectivity index is 2.49. The molecule has 0 radical (unpaired) electrons. The standard InChI is InChI=1S/C14H24N2OS/c1-15-14(11-18-9-8-16(2)3)12-6-5-7-13(10-12)17-4/h5-7,10,14-15H,8-9,11H2,1-4H3. The van der Waals surface area contributed by atoms with E-state index in [9.17, 15) is 0 Å². The molecule has 0 aliphatic rings. The maximum absolute atomic E-state index is 5.27. The number of nitrogens with one attached hydrogen (secondary N) is 1. The quantitative estimate of drug-likeness (QED) is 0.731. The Kier molecular flexibility index (Phi) is 7.16. The van der Waals surface area contributed by atoms with Crippen molar-refractivity contribution in [1.29, 1.82) is 0 Å². The van der Waals surface area contributed by atoms with E-state index in [0.29, 0.717) is 6.04 Å². The number of rotatable bonds is 8. The minimum absolute atomic E-state index is 0.382. The summed E-state index contributed by atoms with van der Waals surface area (Å²) < 4.78 is 5.27. The van der Waals surface area contributed by atoms with E-state index >= 15 is 0 Å². The van der Waals surface area contributed by atoms with Crippen molar-refractivity contribution in [2.75, 3.05) is 46.3 Å². The van der Waals surface area contributed by atoms with E-state index < -0.39 is 0 Å². The summed E-state index contributed by atoms with van der Waals surface area (Å²) in [6.07, 6.45) is 0. The van der Waals surface area contributed by atoms with Crippen LogP contribution in [0.3, 0.4) is 0 Å². The number of hydrogen-bond acceptors (Lipinski definition) is 4. The van der Waals surface area contributed by atoms with E-state index in [0.717, 1.165) is 23.8 Å². The van der Waals surface area contributed by atoms with Crippen LogP contribution in [0.15, 0.2) is 24.3 Å². The van der Waals surface area contributed by atoms with E-state index in [1.807, 2.05) is 30.9 Å². The largest absolute Gasteiger partial charge is 0.497 e. The highest BCUT2D eigenvalue weighted by Crippen LogP contribution is 2.22. The van der Waals surface area contributed by atoms with E-state index in [4.69, 9.17) is 4.74 Å². The Hall–Kier alpha value is -0.710. The summed E-state index contributed by atoms with van der Waals surface area (Å²) >= 11 is 1.98. The summed E-state index contributed by atoms with van der Waals surface area (Å²) in [7, 11) is 7.94. The summed E-state index contributed by atoms with van der Waals surface area (Å²) in [5.74, 6) is 3.16. The minimum Gasteiger partial charge on any atom is -0.497 e. The Labute approximate surface area is 115 Å². The molecule has 0 aromatic heterocycles. The van der Waals surface area contributed by atoms with Crippen LogP contribution in [0, 0.1) is 0 Å². The molecule has 4 heteroatoms. The van der Waals surface area contributed by atoms with Crippen LogP contribution < -0.4 is 10.1 Å². The first kappa shape index (κ1) is 15.3. The topological polar surface area (TPSA) is 24.5 Å². The summed E-state index contributed by atoms with van der Waals surface area (Å²) in [5, 5.41) is 3.37. The molecule has 3 nitrogen and oxygen atoms in total. The molecule has 1 N–H and O–H groups in total. The summed E-state index contributed by atoms with van der Waals surface area (Å²) in [6, 6.07) is 8.66. The molecule has 1 atom stereocenters. The number of methoxy groups -OCH3 is 1. The van der Waals surface area contributed by atoms with Gasteiger partial charge in [0.15, 0.2) is 0 Å². The third-order valence-electron chi connectivity index (χ3n) is 2.81. The van der Waals surface area contributed by atoms with Crippen molar-refractivity contribution in [3.05, 3.63) is 29.8 Å². The normalized spacial score (nSPS) is 12.7. The van der Waals surface area contributed by atoms with Gasteiger partial charge in [-0.05, 0) is 38.8 Å². The Morgan fingerprint density at radius 3 is 2.78 bits per heavy atom. The molecule has 0 saturated carbocycles. The average molecular weight is 268 g/mol. The van der Waals surface area contributed by atoms with Gasteiger partial charge in [0.05, 0.1) is 7.11 Å². The number of nitrogens with zero attached hydrogens (tertiary/aromatic N) is 1. The van der Waals surface area contributed by atoms with Gasteiger partial charge in [0.25, 0.3) is 0 Å². The van der Waals surface area contributed by atoms with Gasteiger partial charge in [0.2, 0.25) is 0 Å². The van der Waals surface area contributed by atoms with Gasteiger partial charge in [0, 0.05) is 24.1 Å². The Morgan fingerprint density at radius 2 is 2.17 bits per heavy atom. The van der Waals surface area contributed by atoms with Crippen LogP contribution in [-0.4, -0.2) is 51.2 Å². The molecule has 0 saturated heterocycles. The van der Waals surface area contributed by atoms with Crippen molar-refractivity contribution < 1.29 is 4.74 Å². The summed E-state index contributed by atoms with van der Waals surface area (Å²) in [6.45, 7) is 1.12. The van der Waals surface area contributed by atoms with Crippen LogP contribution in [0.25, 0.3) is 0 Å². The average Bonchev–Trinajstić information content (AvgIpc) is 2.38. The minimum atomic E-state index is 0.382. The van der Waals surface area contributed by atoms with Crippen LogP contribution in [-0.2, 0) is 0 Å². The first-order valence-electron chi connectivity index (χ1n) is 6.21. The predicted molar refractivity (Wildman–Crippen MR) is 80.7 cm³/mol. The zero-order valence-electron chi connectivity index (χ0n) is 11.8. The lowest BCUT2D eigenvalue weighted by Gasteiger charge is -2.17. The van der Waals surface area contributed by atoms with Crippen molar-refractivity contribution in [3.8, 4) is 5.75 Å². The monoisotopic (exact) mass is 268 g/mol. The molecule has 18 heavy (non-hydrogen) atoms. The molecule has 0 aliphatic heterocycles. The molecule has 0 fully saturated rings. The molecule has 0 amide bonds. The van der Waals surface area contributed by atoms with Gasteiger partial charge >= 0.3 is 0 Å². The number of hydrogen-bond donors (Lipinski definition) is 1. The van der Waals surface area contributed by atoms with E-state index in [2.05, 4.69) is 36.4 Å². The van der Waals surface area contributed by atoms with Crippen LogP contribution in [0.5, 0.6) is 5.75 Å². The Morgan fingerprint density at radius 1 is 1.39 bits per heavy atom. The Bertz CT molecular complexity index is 344. The second-order valence-corrected chi connectivity index (χ2v) is 5.65. The molecule has 0 bridgehead atoms. The van der Waals surface area contributed by atoms with Crippen LogP contribution in [0.1, 0.15) is 11.6 Å². The van der Waals surface area contributed by atoms with Gasteiger partial charge in [-0.2, -0.15) is 11.8 Å². The maximum Gasteiger partial charge on any atom is 0.119 e. The fourth-order valence-corrected chi connectivity index (χ4v) is 2.91. The molecule has 1 aromatic rings. The van der Waals surface area contributed by atoms with Gasteiger partial charge in [-0.3, -0.25) is 0 Å². The lowest BCUT2D eigenvalue weighted by molar-refractivity contribution is 0.413.